The van der Waals surface area contributed by atoms with Crippen LogP contribution in [-0.2, 0) is 0 Å². The largest absolute Gasteiger partial charge is 0.342 e. The van der Waals surface area contributed by atoms with Crippen molar-refractivity contribution in [3.63, 3.8) is 0 Å². The number of anilines is 1. The zero-order chi connectivity index (χ0) is 12.6. The van der Waals surface area contributed by atoms with Gasteiger partial charge in [0.25, 0.3) is 0 Å². The maximum absolute atomic E-state index is 11.9. The van der Waals surface area contributed by atoms with Gasteiger partial charge in [0.1, 0.15) is 0 Å². The monoisotopic (exact) mass is 251 g/mol. The molecule has 5 heteroatoms. The SMILES string of the molecule is CC(C)=NN1C(=O)Nc2ccc(Cl)cc2C1C. The molecule has 2 rings (SSSR count). The first-order valence-electron chi connectivity index (χ1n) is 5.40. The first kappa shape index (κ1) is 11.9. The summed E-state index contributed by atoms with van der Waals surface area (Å²) in [6, 6.07) is 5.10. The minimum atomic E-state index is -0.214. The fraction of sp³-hybridized carbons (Fsp3) is 0.333. The van der Waals surface area contributed by atoms with Crippen LogP contribution in [0.3, 0.4) is 0 Å². The molecule has 0 saturated carbocycles. The molecule has 1 N–H and O–H groups in total. The number of halogens is 1. The molecular formula is C12H14ClN3O. The summed E-state index contributed by atoms with van der Waals surface area (Å²) in [6.07, 6.45) is 0. The molecule has 17 heavy (non-hydrogen) atoms. The van der Waals surface area contributed by atoms with Crippen molar-refractivity contribution in [1.82, 2.24) is 5.01 Å². The number of nitrogens with zero attached hydrogens (tertiary/aromatic N) is 2. The number of hydrogen-bond donors (Lipinski definition) is 1. The van der Waals surface area contributed by atoms with Gasteiger partial charge in [-0.05, 0) is 39.0 Å². The molecule has 0 fully saturated rings. The zero-order valence-electron chi connectivity index (χ0n) is 9.99. The molecule has 2 amide bonds. The maximum Gasteiger partial charge on any atom is 0.342 e. The number of hydrazone groups is 1. The molecule has 4 nitrogen and oxygen atoms in total. The van der Waals surface area contributed by atoms with E-state index in [1.807, 2.05) is 32.9 Å². The van der Waals surface area contributed by atoms with Gasteiger partial charge in [-0.25, -0.2) is 9.80 Å². The van der Waals surface area contributed by atoms with Crippen molar-refractivity contribution in [2.45, 2.75) is 26.8 Å². The standard InChI is InChI=1S/C12H14ClN3O/c1-7(2)15-16-8(3)10-6-9(13)4-5-11(10)14-12(16)17/h4-6,8H,1-3H3,(H,14,17). The second kappa shape index (κ2) is 4.37. The third-order valence-corrected chi connectivity index (χ3v) is 2.82. The summed E-state index contributed by atoms with van der Waals surface area (Å²) in [5.74, 6) is 0. The molecule has 90 valence electrons. The highest BCUT2D eigenvalue weighted by Crippen LogP contribution is 2.34. The summed E-state index contributed by atoms with van der Waals surface area (Å²) in [5, 5.41) is 9.11. The molecule has 0 spiro atoms. The van der Waals surface area contributed by atoms with Crippen LogP contribution in [-0.4, -0.2) is 16.8 Å². The Bertz CT molecular complexity index is 495. The molecule has 1 aromatic carbocycles. The molecule has 0 aliphatic carbocycles. The highest BCUT2D eigenvalue weighted by molar-refractivity contribution is 6.30. The van der Waals surface area contributed by atoms with Gasteiger partial charge in [-0.2, -0.15) is 5.10 Å². The topological polar surface area (TPSA) is 44.7 Å². The highest BCUT2D eigenvalue weighted by atomic mass is 35.5. The number of amides is 2. The quantitative estimate of drug-likeness (QED) is 0.761. The van der Waals surface area contributed by atoms with Crippen molar-refractivity contribution in [3.05, 3.63) is 28.8 Å². The lowest BCUT2D eigenvalue weighted by atomic mass is 10.0. The number of carbonyl (C=O) groups is 1. The van der Waals surface area contributed by atoms with E-state index in [9.17, 15) is 4.79 Å². The Labute approximate surface area is 105 Å². The lowest BCUT2D eigenvalue weighted by molar-refractivity contribution is 0.193. The number of rotatable bonds is 1. The van der Waals surface area contributed by atoms with E-state index in [0.29, 0.717) is 5.02 Å². The number of carbonyl (C=O) groups excluding carboxylic acids is 1. The summed E-state index contributed by atoms with van der Waals surface area (Å²) >= 11 is 5.96. The van der Waals surface area contributed by atoms with Gasteiger partial charge >= 0.3 is 6.03 Å². The van der Waals surface area contributed by atoms with Gasteiger partial charge in [0.15, 0.2) is 0 Å². The van der Waals surface area contributed by atoms with Gasteiger partial charge in [0, 0.05) is 22.0 Å². The van der Waals surface area contributed by atoms with E-state index >= 15 is 0 Å². The Balaban J connectivity index is 2.45. The van der Waals surface area contributed by atoms with Crippen LogP contribution in [0, 0.1) is 0 Å². The van der Waals surface area contributed by atoms with E-state index in [1.54, 1.807) is 6.07 Å². The Morgan fingerprint density at radius 1 is 1.47 bits per heavy atom. The first-order chi connectivity index (χ1) is 7.99. The average molecular weight is 252 g/mol. The van der Waals surface area contributed by atoms with E-state index in [2.05, 4.69) is 10.4 Å². The van der Waals surface area contributed by atoms with Crippen LogP contribution in [0.2, 0.25) is 5.02 Å². The molecule has 1 heterocycles. The van der Waals surface area contributed by atoms with Crippen molar-refractivity contribution in [2.75, 3.05) is 5.32 Å². The zero-order valence-corrected chi connectivity index (χ0v) is 10.7. The molecular weight excluding hydrogens is 238 g/mol. The Morgan fingerprint density at radius 2 is 2.18 bits per heavy atom. The Hall–Kier alpha value is -1.55. The van der Waals surface area contributed by atoms with Crippen LogP contribution in [0.4, 0.5) is 10.5 Å². The average Bonchev–Trinajstić information content (AvgIpc) is 2.25. The predicted molar refractivity (Wildman–Crippen MR) is 69.5 cm³/mol. The lowest BCUT2D eigenvalue weighted by Crippen LogP contribution is -2.38. The molecule has 1 unspecified atom stereocenters. The van der Waals surface area contributed by atoms with Gasteiger partial charge < -0.3 is 5.32 Å². The Kier molecular flexibility index (Phi) is 3.07. The Morgan fingerprint density at radius 3 is 2.82 bits per heavy atom. The summed E-state index contributed by atoms with van der Waals surface area (Å²) in [7, 11) is 0. The number of urea groups is 1. The molecule has 1 atom stereocenters. The number of nitrogens with one attached hydrogen (secondary N) is 1. The van der Waals surface area contributed by atoms with Crippen LogP contribution in [0.1, 0.15) is 32.4 Å². The molecule has 1 aromatic rings. The van der Waals surface area contributed by atoms with E-state index in [1.165, 1.54) is 5.01 Å². The number of benzene rings is 1. The van der Waals surface area contributed by atoms with Gasteiger partial charge in [-0.3, -0.25) is 0 Å². The van der Waals surface area contributed by atoms with Crippen LogP contribution in [0.15, 0.2) is 23.3 Å². The molecule has 0 saturated heterocycles. The minimum Gasteiger partial charge on any atom is -0.306 e. The third-order valence-electron chi connectivity index (χ3n) is 2.59. The van der Waals surface area contributed by atoms with E-state index in [0.717, 1.165) is 17.0 Å². The van der Waals surface area contributed by atoms with Crippen molar-refractivity contribution in [1.29, 1.82) is 0 Å². The molecule has 0 radical (unpaired) electrons. The molecule has 0 aromatic heterocycles. The third kappa shape index (κ3) is 2.26. The predicted octanol–water partition coefficient (Wildman–Crippen LogP) is 3.64. The van der Waals surface area contributed by atoms with Crippen LogP contribution in [0.5, 0.6) is 0 Å². The summed E-state index contributed by atoms with van der Waals surface area (Å²) < 4.78 is 0. The van der Waals surface area contributed by atoms with Crippen molar-refractivity contribution >= 4 is 29.0 Å². The van der Waals surface area contributed by atoms with Crippen molar-refractivity contribution in [3.8, 4) is 0 Å². The lowest BCUT2D eigenvalue weighted by Gasteiger charge is -2.32. The first-order valence-corrected chi connectivity index (χ1v) is 5.78. The minimum absolute atomic E-state index is 0.118. The summed E-state index contributed by atoms with van der Waals surface area (Å²) in [6.45, 7) is 5.64. The fourth-order valence-electron chi connectivity index (χ4n) is 1.82. The van der Waals surface area contributed by atoms with E-state index in [4.69, 9.17) is 11.6 Å². The molecule has 1 aliphatic rings. The number of fused-ring (bicyclic) bond motifs is 1. The van der Waals surface area contributed by atoms with Crippen LogP contribution in [0.25, 0.3) is 0 Å². The highest BCUT2D eigenvalue weighted by Gasteiger charge is 2.29. The second-order valence-corrected chi connectivity index (χ2v) is 4.67. The van der Waals surface area contributed by atoms with Crippen molar-refractivity contribution < 1.29 is 4.79 Å². The van der Waals surface area contributed by atoms with Crippen LogP contribution >= 0.6 is 11.6 Å². The van der Waals surface area contributed by atoms with Gasteiger partial charge in [-0.15, -0.1) is 0 Å². The fourth-order valence-corrected chi connectivity index (χ4v) is 2.00. The summed E-state index contributed by atoms with van der Waals surface area (Å²) in [5.41, 5.74) is 2.60. The van der Waals surface area contributed by atoms with E-state index < -0.39 is 0 Å². The van der Waals surface area contributed by atoms with E-state index in [-0.39, 0.29) is 12.1 Å². The van der Waals surface area contributed by atoms with Crippen LogP contribution < -0.4 is 5.32 Å². The van der Waals surface area contributed by atoms with Gasteiger partial charge in [-0.1, -0.05) is 11.6 Å². The van der Waals surface area contributed by atoms with Gasteiger partial charge in [0.05, 0.1) is 6.04 Å². The smallest absolute Gasteiger partial charge is 0.306 e. The maximum atomic E-state index is 11.9. The normalized spacial score (nSPS) is 18.5. The summed E-state index contributed by atoms with van der Waals surface area (Å²) in [4.78, 5) is 11.9. The molecule has 0 bridgehead atoms. The molecule has 1 aliphatic heterocycles. The second-order valence-electron chi connectivity index (χ2n) is 4.23. The number of hydrogen-bond acceptors (Lipinski definition) is 2. The van der Waals surface area contributed by atoms with Gasteiger partial charge in [0.2, 0.25) is 0 Å². The van der Waals surface area contributed by atoms with Crippen molar-refractivity contribution in [2.24, 2.45) is 5.10 Å².